The Bertz CT molecular complexity index is 608. The van der Waals surface area contributed by atoms with E-state index in [9.17, 15) is 8.42 Å². The van der Waals surface area contributed by atoms with Crippen LogP contribution in [-0.2, 0) is 16.4 Å². The topological polar surface area (TPSA) is 97.1 Å². The standard InChI is InChI=1S/C11H14N4O3S/c1-12-11-13-7-10(8-14-11)19(16,17)15-5-4-9-3-2-6-18-9/h2-3,6-8,15H,4-5H2,1H3,(H,12,13,14). The third-order valence-corrected chi connectivity index (χ3v) is 3.82. The number of rotatable bonds is 6. The first kappa shape index (κ1) is 13.5. The predicted molar refractivity (Wildman–Crippen MR) is 69.2 cm³/mol. The van der Waals surface area contributed by atoms with E-state index in [4.69, 9.17) is 4.42 Å². The number of nitrogens with one attached hydrogen (secondary N) is 2. The molecule has 0 aliphatic carbocycles. The average molecular weight is 282 g/mol. The van der Waals surface area contributed by atoms with Gasteiger partial charge in [-0.15, -0.1) is 0 Å². The molecule has 0 radical (unpaired) electrons. The van der Waals surface area contributed by atoms with Crippen LogP contribution < -0.4 is 10.0 Å². The maximum absolute atomic E-state index is 11.9. The second kappa shape index (κ2) is 5.81. The summed E-state index contributed by atoms with van der Waals surface area (Å²) in [6.07, 6.45) is 4.55. The molecule has 7 nitrogen and oxygen atoms in total. The Kier molecular flexibility index (Phi) is 4.13. The van der Waals surface area contributed by atoms with Gasteiger partial charge in [-0.3, -0.25) is 0 Å². The Labute approximate surface area is 111 Å². The molecular formula is C11H14N4O3S. The molecule has 0 saturated heterocycles. The zero-order valence-corrected chi connectivity index (χ0v) is 11.1. The molecule has 0 saturated carbocycles. The van der Waals surface area contributed by atoms with Gasteiger partial charge in [-0.1, -0.05) is 0 Å². The van der Waals surface area contributed by atoms with E-state index < -0.39 is 10.0 Å². The summed E-state index contributed by atoms with van der Waals surface area (Å²) >= 11 is 0. The van der Waals surface area contributed by atoms with Gasteiger partial charge in [0.15, 0.2) is 0 Å². The summed E-state index contributed by atoms with van der Waals surface area (Å²) in [4.78, 5) is 7.76. The van der Waals surface area contributed by atoms with Crippen LogP contribution in [0.3, 0.4) is 0 Å². The minimum Gasteiger partial charge on any atom is -0.469 e. The van der Waals surface area contributed by atoms with Crippen molar-refractivity contribution in [2.75, 3.05) is 18.9 Å². The first-order valence-electron chi connectivity index (χ1n) is 5.63. The molecule has 0 bridgehead atoms. The number of hydrogen-bond donors (Lipinski definition) is 2. The van der Waals surface area contributed by atoms with Crippen molar-refractivity contribution < 1.29 is 12.8 Å². The molecule has 102 valence electrons. The summed E-state index contributed by atoms with van der Waals surface area (Å²) in [7, 11) is -1.93. The minimum atomic E-state index is -3.58. The number of anilines is 1. The van der Waals surface area contributed by atoms with Gasteiger partial charge < -0.3 is 9.73 Å². The van der Waals surface area contributed by atoms with Gasteiger partial charge in [-0.05, 0) is 12.1 Å². The van der Waals surface area contributed by atoms with E-state index in [1.807, 2.05) is 0 Å². The molecule has 2 aromatic rings. The second-order valence-electron chi connectivity index (χ2n) is 3.72. The molecule has 2 rings (SSSR count). The summed E-state index contributed by atoms with van der Waals surface area (Å²) in [5.41, 5.74) is 0. The molecule has 0 aliphatic heterocycles. The van der Waals surface area contributed by atoms with Crippen molar-refractivity contribution in [1.29, 1.82) is 0 Å². The van der Waals surface area contributed by atoms with Gasteiger partial charge in [0.1, 0.15) is 10.7 Å². The van der Waals surface area contributed by atoms with Crippen LogP contribution in [0.15, 0.2) is 40.1 Å². The lowest BCUT2D eigenvalue weighted by Crippen LogP contribution is -2.26. The fraction of sp³-hybridized carbons (Fsp3) is 0.273. The summed E-state index contributed by atoms with van der Waals surface area (Å²) in [6.45, 7) is 0.254. The van der Waals surface area contributed by atoms with E-state index in [-0.39, 0.29) is 11.4 Å². The fourth-order valence-corrected chi connectivity index (χ4v) is 2.35. The van der Waals surface area contributed by atoms with Crippen LogP contribution in [0.25, 0.3) is 0 Å². The zero-order chi connectivity index (χ0) is 13.7. The molecule has 0 atom stereocenters. The van der Waals surface area contributed by atoms with Crippen molar-refractivity contribution in [3.05, 3.63) is 36.5 Å². The first-order chi connectivity index (χ1) is 9.12. The van der Waals surface area contributed by atoms with Crippen LogP contribution in [0.4, 0.5) is 5.95 Å². The number of furan rings is 1. The normalized spacial score (nSPS) is 11.4. The summed E-state index contributed by atoms with van der Waals surface area (Å²) < 4.78 is 31.4. The quantitative estimate of drug-likeness (QED) is 0.806. The molecule has 0 unspecified atom stereocenters. The summed E-state index contributed by atoms with van der Waals surface area (Å²) in [5.74, 6) is 1.10. The third-order valence-electron chi connectivity index (χ3n) is 2.41. The van der Waals surface area contributed by atoms with Gasteiger partial charge in [0.25, 0.3) is 0 Å². The monoisotopic (exact) mass is 282 g/mol. The minimum absolute atomic E-state index is 0.0333. The van der Waals surface area contributed by atoms with E-state index in [1.165, 1.54) is 12.4 Å². The van der Waals surface area contributed by atoms with Crippen molar-refractivity contribution in [1.82, 2.24) is 14.7 Å². The number of hydrogen-bond acceptors (Lipinski definition) is 6. The molecule has 0 amide bonds. The zero-order valence-electron chi connectivity index (χ0n) is 10.3. The molecule has 0 spiro atoms. The second-order valence-corrected chi connectivity index (χ2v) is 5.49. The first-order valence-corrected chi connectivity index (χ1v) is 7.12. The Balaban J connectivity index is 1.97. The lowest BCUT2D eigenvalue weighted by atomic mass is 10.3. The number of aromatic nitrogens is 2. The summed E-state index contributed by atoms with van der Waals surface area (Å²) in [5, 5.41) is 2.72. The van der Waals surface area contributed by atoms with Gasteiger partial charge in [0, 0.05) is 20.0 Å². The lowest BCUT2D eigenvalue weighted by Gasteiger charge is -2.05. The van der Waals surface area contributed by atoms with E-state index in [2.05, 4.69) is 20.0 Å². The van der Waals surface area contributed by atoms with Crippen LogP contribution in [0.5, 0.6) is 0 Å². The molecule has 0 aromatic carbocycles. The molecular weight excluding hydrogens is 268 g/mol. The van der Waals surface area contributed by atoms with Crippen LogP contribution >= 0.6 is 0 Å². The Morgan fingerprint density at radius 1 is 1.32 bits per heavy atom. The van der Waals surface area contributed by atoms with Crippen LogP contribution in [0, 0.1) is 0 Å². The molecule has 8 heteroatoms. The molecule has 0 fully saturated rings. The van der Waals surface area contributed by atoms with Crippen molar-refractivity contribution in [2.24, 2.45) is 0 Å². The Morgan fingerprint density at radius 3 is 2.63 bits per heavy atom. The van der Waals surface area contributed by atoms with Crippen molar-refractivity contribution >= 4 is 16.0 Å². The molecule has 19 heavy (non-hydrogen) atoms. The van der Waals surface area contributed by atoms with E-state index in [1.54, 1.807) is 25.4 Å². The maximum atomic E-state index is 11.9. The van der Waals surface area contributed by atoms with Crippen molar-refractivity contribution in [2.45, 2.75) is 11.3 Å². The van der Waals surface area contributed by atoms with Crippen molar-refractivity contribution in [3.63, 3.8) is 0 Å². The Hall–Kier alpha value is -1.93. The van der Waals surface area contributed by atoms with Gasteiger partial charge in [-0.2, -0.15) is 0 Å². The fourth-order valence-electron chi connectivity index (χ4n) is 1.43. The third kappa shape index (κ3) is 3.52. The molecule has 2 heterocycles. The number of nitrogens with zero attached hydrogens (tertiary/aromatic N) is 2. The van der Waals surface area contributed by atoms with Gasteiger partial charge in [0.05, 0.1) is 18.7 Å². The maximum Gasteiger partial charge on any atom is 0.243 e. The van der Waals surface area contributed by atoms with E-state index >= 15 is 0 Å². The molecule has 0 aliphatic rings. The highest BCUT2D eigenvalue weighted by atomic mass is 32.2. The molecule has 2 aromatic heterocycles. The highest BCUT2D eigenvalue weighted by Crippen LogP contribution is 2.07. The van der Waals surface area contributed by atoms with Gasteiger partial charge >= 0.3 is 0 Å². The average Bonchev–Trinajstić information content (AvgIpc) is 2.92. The van der Waals surface area contributed by atoms with Gasteiger partial charge in [0.2, 0.25) is 16.0 Å². The Morgan fingerprint density at radius 2 is 2.05 bits per heavy atom. The lowest BCUT2D eigenvalue weighted by molar-refractivity contribution is 0.506. The number of sulfonamides is 1. The van der Waals surface area contributed by atoms with E-state index in [0.717, 1.165) is 5.76 Å². The SMILES string of the molecule is CNc1ncc(S(=O)(=O)NCCc2ccco2)cn1. The molecule has 2 N–H and O–H groups in total. The van der Waals surface area contributed by atoms with Gasteiger partial charge in [-0.25, -0.2) is 23.1 Å². The smallest absolute Gasteiger partial charge is 0.243 e. The largest absolute Gasteiger partial charge is 0.469 e. The van der Waals surface area contributed by atoms with Crippen LogP contribution in [0.2, 0.25) is 0 Å². The highest BCUT2D eigenvalue weighted by Gasteiger charge is 2.14. The van der Waals surface area contributed by atoms with Crippen LogP contribution in [0.1, 0.15) is 5.76 Å². The highest BCUT2D eigenvalue weighted by molar-refractivity contribution is 7.89. The summed E-state index contributed by atoms with van der Waals surface area (Å²) in [6, 6.07) is 3.55. The predicted octanol–water partition coefficient (Wildman–Crippen LogP) is 0.632. The van der Waals surface area contributed by atoms with E-state index in [0.29, 0.717) is 12.4 Å². The van der Waals surface area contributed by atoms with Crippen molar-refractivity contribution in [3.8, 4) is 0 Å². The van der Waals surface area contributed by atoms with Crippen LogP contribution in [-0.4, -0.2) is 32.0 Å².